The molecule has 0 radical (unpaired) electrons. The Bertz CT molecular complexity index is 485. The smallest absolute Gasteiger partial charge is 0.163 e. The number of aromatic nitrogens is 1. The topological polar surface area (TPSA) is 24.9 Å². The Morgan fingerprint density at radius 2 is 2.24 bits per heavy atom. The first-order valence-electron chi connectivity index (χ1n) is 5.24. The molecule has 2 rings (SSSR count). The zero-order chi connectivity index (χ0) is 12.3. The Morgan fingerprint density at radius 3 is 2.94 bits per heavy atom. The highest BCUT2D eigenvalue weighted by Crippen LogP contribution is 2.19. The van der Waals surface area contributed by atoms with Gasteiger partial charge in [0, 0.05) is 29.7 Å². The van der Waals surface area contributed by atoms with Crippen LogP contribution in [0.1, 0.15) is 23.5 Å². The number of rotatable bonds is 4. The van der Waals surface area contributed by atoms with Gasteiger partial charge < -0.3 is 5.32 Å². The highest BCUT2D eigenvalue weighted by Gasteiger charge is 2.13. The lowest BCUT2D eigenvalue weighted by Gasteiger charge is -2.14. The molecule has 1 aromatic heterocycles. The maximum atomic E-state index is 13.5. The summed E-state index contributed by atoms with van der Waals surface area (Å²) in [6.07, 6.45) is 1.72. The maximum absolute atomic E-state index is 13.5. The van der Waals surface area contributed by atoms with Crippen LogP contribution in [0.15, 0.2) is 29.8 Å². The number of halogens is 2. The van der Waals surface area contributed by atoms with Crippen molar-refractivity contribution in [3.63, 3.8) is 0 Å². The first-order chi connectivity index (χ1) is 8.18. The van der Waals surface area contributed by atoms with Gasteiger partial charge in [0.25, 0.3) is 0 Å². The Kier molecular flexibility index (Phi) is 3.81. The van der Waals surface area contributed by atoms with E-state index in [1.54, 1.807) is 19.2 Å². The van der Waals surface area contributed by atoms with Gasteiger partial charge in [-0.1, -0.05) is 12.1 Å². The quantitative estimate of drug-likeness (QED) is 0.905. The van der Waals surface area contributed by atoms with Gasteiger partial charge >= 0.3 is 0 Å². The van der Waals surface area contributed by atoms with Crippen molar-refractivity contribution in [3.05, 3.63) is 52.0 Å². The molecule has 1 atom stereocenters. The van der Waals surface area contributed by atoms with Crippen LogP contribution in [0, 0.1) is 11.6 Å². The van der Waals surface area contributed by atoms with Crippen molar-refractivity contribution >= 4 is 11.3 Å². The Balaban J connectivity index is 2.04. The fourth-order valence-corrected chi connectivity index (χ4v) is 2.11. The van der Waals surface area contributed by atoms with E-state index < -0.39 is 11.6 Å². The largest absolute Gasteiger partial charge is 0.304 e. The second kappa shape index (κ2) is 5.33. The number of nitrogens with one attached hydrogen (secondary N) is 1. The van der Waals surface area contributed by atoms with Gasteiger partial charge in [0.2, 0.25) is 0 Å². The number of nitrogens with zero attached hydrogens (tertiary/aromatic N) is 1. The van der Waals surface area contributed by atoms with Crippen molar-refractivity contribution in [1.82, 2.24) is 10.3 Å². The molecule has 17 heavy (non-hydrogen) atoms. The van der Waals surface area contributed by atoms with Crippen LogP contribution in [0.25, 0.3) is 0 Å². The molecule has 0 amide bonds. The second-order valence-corrected chi connectivity index (χ2v) is 4.65. The van der Waals surface area contributed by atoms with Crippen molar-refractivity contribution < 1.29 is 8.78 Å². The van der Waals surface area contributed by atoms with E-state index in [0.717, 1.165) is 11.1 Å². The predicted molar refractivity (Wildman–Crippen MR) is 63.7 cm³/mol. The molecule has 1 N–H and O–H groups in total. The van der Waals surface area contributed by atoms with Gasteiger partial charge in [0.15, 0.2) is 11.6 Å². The van der Waals surface area contributed by atoms with Gasteiger partial charge in [-0.05, 0) is 13.0 Å². The van der Waals surface area contributed by atoms with E-state index in [4.69, 9.17) is 0 Å². The highest BCUT2D eigenvalue weighted by atomic mass is 32.1. The molecule has 0 fully saturated rings. The summed E-state index contributed by atoms with van der Waals surface area (Å²) in [6.45, 7) is 2.35. The third-order valence-electron chi connectivity index (χ3n) is 2.49. The average molecular weight is 254 g/mol. The van der Waals surface area contributed by atoms with Crippen molar-refractivity contribution in [3.8, 4) is 0 Å². The van der Waals surface area contributed by atoms with Crippen molar-refractivity contribution in [1.29, 1.82) is 0 Å². The second-order valence-electron chi connectivity index (χ2n) is 3.67. The standard InChI is InChI=1S/C12H12F2N2S/c1-8(16-7-11-15-5-6-17-11)9-3-2-4-10(13)12(9)14/h2-6,8,16H,7H2,1H3. The van der Waals surface area contributed by atoms with E-state index in [2.05, 4.69) is 10.3 Å². The number of benzene rings is 1. The first-order valence-corrected chi connectivity index (χ1v) is 6.12. The van der Waals surface area contributed by atoms with Gasteiger partial charge in [-0.15, -0.1) is 11.3 Å². The highest BCUT2D eigenvalue weighted by molar-refractivity contribution is 7.09. The molecular formula is C12H12F2N2S. The molecule has 1 aromatic carbocycles. The lowest BCUT2D eigenvalue weighted by atomic mass is 10.1. The van der Waals surface area contributed by atoms with Crippen LogP contribution < -0.4 is 5.32 Å². The molecular weight excluding hydrogens is 242 g/mol. The van der Waals surface area contributed by atoms with Crippen LogP contribution in [0.2, 0.25) is 0 Å². The van der Waals surface area contributed by atoms with Gasteiger partial charge in [0.05, 0.1) is 0 Å². The molecule has 1 heterocycles. The molecule has 90 valence electrons. The molecule has 5 heteroatoms. The minimum Gasteiger partial charge on any atom is -0.304 e. The molecule has 0 bridgehead atoms. The van der Waals surface area contributed by atoms with Crippen molar-refractivity contribution in [2.24, 2.45) is 0 Å². The Hall–Kier alpha value is -1.33. The first kappa shape index (κ1) is 12.1. The molecule has 0 aliphatic rings. The van der Waals surface area contributed by atoms with Crippen molar-refractivity contribution in [2.75, 3.05) is 0 Å². The van der Waals surface area contributed by atoms with E-state index in [1.165, 1.54) is 17.4 Å². The molecule has 0 saturated carbocycles. The fraction of sp³-hybridized carbons (Fsp3) is 0.250. The van der Waals surface area contributed by atoms with Crippen molar-refractivity contribution in [2.45, 2.75) is 19.5 Å². The van der Waals surface area contributed by atoms with E-state index in [9.17, 15) is 8.78 Å². The number of hydrogen-bond acceptors (Lipinski definition) is 3. The summed E-state index contributed by atoms with van der Waals surface area (Å²) in [5.41, 5.74) is 0.335. The summed E-state index contributed by atoms with van der Waals surface area (Å²) in [6, 6.07) is 3.95. The third kappa shape index (κ3) is 2.87. The van der Waals surface area contributed by atoms with Gasteiger partial charge in [0.1, 0.15) is 5.01 Å². The van der Waals surface area contributed by atoms with E-state index in [0.29, 0.717) is 12.1 Å². The summed E-state index contributed by atoms with van der Waals surface area (Å²) >= 11 is 1.53. The van der Waals surface area contributed by atoms with Crippen LogP contribution in [0.3, 0.4) is 0 Å². The predicted octanol–water partition coefficient (Wildman–Crippen LogP) is 3.27. The van der Waals surface area contributed by atoms with E-state index >= 15 is 0 Å². The van der Waals surface area contributed by atoms with Gasteiger partial charge in [-0.2, -0.15) is 0 Å². The van der Waals surface area contributed by atoms with Crippen LogP contribution in [-0.2, 0) is 6.54 Å². The minimum atomic E-state index is -0.814. The summed E-state index contributed by atoms with van der Waals surface area (Å²) in [4.78, 5) is 4.11. The normalized spacial score (nSPS) is 12.6. The minimum absolute atomic E-state index is 0.255. The maximum Gasteiger partial charge on any atom is 0.163 e. The Morgan fingerprint density at radius 1 is 1.41 bits per heavy atom. The molecule has 2 aromatic rings. The number of thiazole rings is 1. The molecule has 0 spiro atoms. The zero-order valence-corrected chi connectivity index (χ0v) is 10.1. The molecule has 0 aliphatic carbocycles. The lowest BCUT2D eigenvalue weighted by Crippen LogP contribution is -2.19. The van der Waals surface area contributed by atoms with Gasteiger partial charge in [-0.25, -0.2) is 13.8 Å². The van der Waals surface area contributed by atoms with Gasteiger partial charge in [-0.3, -0.25) is 0 Å². The molecule has 2 nitrogen and oxygen atoms in total. The lowest BCUT2D eigenvalue weighted by molar-refractivity contribution is 0.472. The number of hydrogen-bond donors (Lipinski definition) is 1. The molecule has 0 saturated heterocycles. The SMILES string of the molecule is CC(NCc1nccs1)c1cccc(F)c1F. The Labute approximate surface area is 102 Å². The summed E-state index contributed by atoms with van der Waals surface area (Å²) < 4.78 is 26.5. The van der Waals surface area contributed by atoms with Crippen LogP contribution in [-0.4, -0.2) is 4.98 Å². The summed E-state index contributed by atoms with van der Waals surface area (Å²) in [5, 5.41) is 5.91. The third-order valence-corrected chi connectivity index (χ3v) is 3.27. The van der Waals surface area contributed by atoms with Crippen LogP contribution in [0.4, 0.5) is 8.78 Å². The van der Waals surface area contributed by atoms with E-state index in [-0.39, 0.29) is 6.04 Å². The molecule has 1 unspecified atom stereocenters. The van der Waals surface area contributed by atoms with Crippen LogP contribution >= 0.6 is 11.3 Å². The van der Waals surface area contributed by atoms with E-state index in [1.807, 2.05) is 5.38 Å². The summed E-state index contributed by atoms with van der Waals surface area (Å²) in [5.74, 6) is -1.60. The van der Waals surface area contributed by atoms with Crippen LogP contribution in [0.5, 0.6) is 0 Å². The fourth-order valence-electron chi connectivity index (χ4n) is 1.55. The average Bonchev–Trinajstić information content (AvgIpc) is 2.82. The zero-order valence-electron chi connectivity index (χ0n) is 9.28. The summed E-state index contributed by atoms with van der Waals surface area (Å²) in [7, 11) is 0. The molecule has 0 aliphatic heterocycles. The monoisotopic (exact) mass is 254 g/mol.